The highest BCUT2D eigenvalue weighted by molar-refractivity contribution is 6.34. The van der Waals surface area contributed by atoms with Crippen molar-refractivity contribution in [1.82, 2.24) is 25.5 Å². The summed E-state index contributed by atoms with van der Waals surface area (Å²) in [4.78, 5) is 24.4. The number of phenols is 1. The standard InChI is InChI=1S/C24H19ClN6O4/c25-20-13-17(31-24(28-29-30-31)26-14-16-7-4-8-18(32)11-16)9-10-19(20)22(33)27-21(23(34)35)12-15-5-2-1-3-6-15/h1-13,32H,14H2,(H,27,33)(H,34,35)(H,26,28,30). The summed E-state index contributed by atoms with van der Waals surface area (Å²) in [6.07, 6.45) is 1.36. The number of aromatic hydroxyl groups is 1. The highest BCUT2D eigenvalue weighted by Gasteiger charge is 2.18. The molecule has 0 saturated carbocycles. The molecule has 4 aromatic rings. The summed E-state index contributed by atoms with van der Waals surface area (Å²) < 4.78 is 1.40. The van der Waals surface area contributed by atoms with Crippen LogP contribution in [0.25, 0.3) is 11.8 Å². The Labute approximate surface area is 204 Å². The normalized spacial score (nSPS) is 11.2. The monoisotopic (exact) mass is 490 g/mol. The minimum atomic E-state index is -1.29. The van der Waals surface area contributed by atoms with Crippen molar-refractivity contribution in [2.24, 2.45) is 0 Å². The third-order valence-electron chi connectivity index (χ3n) is 4.86. The van der Waals surface area contributed by atoms with Gasteiger partial charge in [-0.25, -0.2) is 4.79 Å². The van der Waals surface area contributed by atoms with Crippen LogP contribution >= 0.6 is 11.6 Å². The van der Waals surface area contributed by atoms with Gasteiger partial charge in [-0.05, 0) is 58.0 Å². The number of carboxylic acid groups (broad SMARTS) is 1. The Morgan fingerprint density at radius 3 is 2.54 bits per heavy atom. The third kappa shape index (κ3) is 5.81. The number of phenolic OH excluding ortho intramolecular Hbond substituents is 1. The number of aliphatic carboxylic acids is 1. The number of tetrazole rings is 1. The number of rotatable bonds is 8. The van der Waals surface area contributed by atoms with Gasteiger partial charge in [0.05, 0.1) is 16.3 Å². The van der Waals surface area contributed by atoms with Crippen LogP contribution in [0, 0.1) is 0 Å². The van der Waals surface area contributed by atoms with Crippen LogP contribution in [-0.4, -0.2) is 42.3 Å². The summed E-state index contributed by atoms with van der Waals surface area (Å²) in [6.45, 7) is 0.356. The maximum atomic E-state index is 12.7. The first-order valence-electron chi connectivity index (χ1n) is 10.3. The number of carbonyl (C=O) groups is 2. The lowest BCUT2D eigenvalue weighted by atomic mass is 10.1. The maximum absolute atomic E-state index is 12.7. The molecule has 11 heteroatoms. The smallest absolute Gasteiger partial charge is 0.352 e. The van der Waals surface area contributed by atoms with Crippen molar-refractivity contribution in [1.29, 1.82) is 0 Å². The predicted octanol–water partition coefficient (Wildman–Crippen LogP) is 3.49. The van der Waals surface area contributed by atoms with E-state index in [0.717, 1.165) is 5.56 Å². The lowest BCUT2D eigenvalue weighted by Gasteiger charge is -2.11. The van der Waals surface area contributed by atoms with Gasteiger partial charge in [0.2, 0.25) is 5.95 Å². The number of hydrogen-bond donors (Lipinski definition) is 4. The summed E-state index contributed by atoms with van der Waals surface area (Å²) in [5.41, 5.74) is 1.71. The average molecular weight is 491 g/mol. The molecule has 0 fully saturated rings. The number of aromatic nitrogens is 4. The van der Waals surface area contributed by atoms with Gasteiger partial charge in [-0.2, -0.15) is 4.68 Å². The number of benzene rings is 3. The molecule has 4 rings (SSSR count). The molecule has 176 valence electrons. The minimum Gasteiger partial charge on any atom is -0.508 e. The average Bonchev–Trinajstić information content (AvgIpc) is 3.31. The molecule has 0 atom stereocenters. The SMILES string of the molecule is O=C(O)C(=Cc1ccccc1)NC(=O)c1ccc(-n2nnnc2NCc2cccc(O)c2)cc1Cl. The van der Waals surface area contributed by atoms with Crippen molar-refractivity contribution in [3.63, 3.8) is 0 Å². The van der Waals surface area contributed by atoms with Crippen molar-refractivity contribution in [2.75, 3.05) is 5.32 Å². The number of halogens is 1. The van der Waals surface area contributed by atoms with Crippen molar-refractivity contribution >= 4 is 35.5 Å². The van der Waals surface area contributed by atoms with Gasteiger partial charge in [0, 0.05) is 6.54 Å². The van der Waals surface area contributed by atoms with Crippen LogP contribution in [-0.2, 0) is 11.3 Å². The molecule has 0 radical (unpaired) electrons. The van der Waals surface area contributed by atoms with Gasteiger partial charge in [0.15, 0.2) is 0 Å². The second-order valence-corrected chi connectivity index (χ2v) is 7.74. The molecule has 4 N–H and O–H groups in total. The number of amides is 1. The lowest BCUT2D eigenvalue weighted by molar-refractivity contribution is -0.132. The minimum absolute atomic E-state index is 0.0815. The molecule has 35 heavy (non-hydrogen) atoms. The van der Waals surface area contributed by atoms with E-state index < -0.39 is 11.9 Å². The second kappa shape index (κ2) is 10.5. The lowest BCUT2D eigenvalue weighted by Crippen LogP contribution is -2.27. The zero-order valence-corrected chi connectivity index (χ0v) is 18.8. The van der Waals surface area contributed by atoms with Crippen LogP contribution in [0.2, 0.25) is 5.02 Å². The molecule has 0 spiro atoms. The van der Waals surface area contributed by atoms with Crippen LogP contribution in [0.15, 0.2) is 78.5 Å². The maximum Gasteiger partial charge on any atom is 0.352 e. The molecule has 0 aliphatic rings. The van der Waals surface area contributed by atoms with Crippen molar-refractivity contribution < 1.29 is 19.8 Å². The van der Waals surface area contributed by atoms with E-state index in [2.05, 4.69) is 26.2 Å². The molecule has 1 aromatic heterocycles. The Morgan fingerprint density at radius 2 is 1.83 bits per heavy atom. The highest BCUT2D eigenvalue weighted by Crippen LogP contribution is 2.22. The number of nitrogens with zero attached hydrogens (tertiary/aromatic N) is 4. The van der Waals surface area contributed by atoms with Gasteiger partial charge >= 0.3 is 5.97 Å². The van der Waals surface area contributed by atoms with E-state index in [1.807, 2.05) is 6.07 Å². The van der Waals surface area contributed by atoms with Gasteiger partial charge in [-0.1, -0.05) is 59.2 Å². The van der Waals surface area contributed by atoms with E-state index in [0.29, 0.717) is 23.7 Å². The van der Waals surface area contributed by atoms with Crippen molar-refractivity contribution in [3.05, 3.63) is 100 Å². The molecule has 0 aliphatic carbocycles. The molecule has 0 bridgehead atoms. The van der Waals surface area contributed by atoms with E-state index in [9.17, 15) is 19.8 Å². The molecule has 1 heterocycles. The largest absolute Gasteiger partial charge is 0.508 e. The molecule has 10 nitrogen and oxygen atoms in total. The van der Waals surface area contributed by atoms with Crippen LogP contribution in [0.5, 0.6) is 5.75 Å². The molecule has 1 amide bonds. The molecule has 3 aromatic carbocycles. The summed E-state index contributed by atoms with van der Waals surface area (Å²) in [5.74, 6) is -1.49. The molecular formula is C24H19ClN6O4. The second-order valence-electron chi connectivity index (χ2n) is 7.33. The first-order valence-corrected chi connectivity index (χ1v) is 10.7. The summed E-state index contributed by atoms with van der Waals surface area (Å²) in [6, 6.07) is 20.0. The van der Waals surface area contributed by atoms with Crippen LogP contribution in [0.4, 0.5) is 5.95 Å². The Kier molecular flexibility index (Phi) is 7.03. The fourth-order valence-corrected chi connectivity index (χ4v) is 3.46. The Morgan fingerprint density at radius 1 is 1.03 bits per heavy atom. The zero-order chi connectivity index (χ0) is 24.8. The number of carboxylic acids is 1. The van der Waals surface area contributed by atoms with Crippen LogP contribution < -0.4 is 10.6 Å². The molecular weight excluding hydrogens is 472 g/mol. The summed E-state index contributed by atoms with van der Waals surface area (Å²) >= 11 is 6.35. The summed E-state index contributed by atoms with van der Waals surface area (Å²) in [5, 5.41) is 36.2. The van der Waals surface area contributed by atoms with E-state index >= 15 is 0 Å². The van der Waals surface area contributed by atoms with Gasteiger partial charge < -0.3 is 20.8 Å². The summed E-state index contributed by atoms with van der Waals surface area (Å²) in [7, 11) is 0. The van der Waals surface area contributed by atoms with Crippen molar-refractivity contribution in [3.8, 4) is 11.4 Å². The number of hydrogen-bond acceptors (Lipinski definition) is 7. The Balaban J connectivity index is 1.51. The Bertz CT molecular complexity index is 1400. The zero-order valence-electron chi connectivity index (χ0n) is 18.1. The topological polar surface area (TPSA) is 142 Å². The van der Waals surface area contributed by atoms with Gasteiger partial charge in [-0.15, -0.1) is 0 Å². The number of carbonyl (C=O) groups excluding carboxylic acids is 1. The fraction of sp³-hybridized carbons (Fsp3) is 0.0417. The van der Waals surface area contributed by atoms with Crippen molar-refractivity contribution in [2.45, 2.75) is 6.54 Å². The number of anilines is 1. The van der Waals surface area contributed by atoms with E-state index in [-0.39, 0.29) is 22.0 Å². The van der Waals surface area contributed by atoms with E-state index in [4.69, 9.17) is 11.6 Å². The fourth-order valence-electron chi connectivity index (χ4n) is 3.20. The highest BCUT2D eigenvalue weighted by atomic mass is 35.5. The molecule has 0 saturated heterocycles. The first kappa shape index (κ1) is 23.5. The van der Waals surface area contributed by atoms with Gasteiger partial charge in [0.25, 0.3) is 5.91 Å². The molecule has 0 unspecified atom stereocenters. The predicted molar refractivity (Wildman–Crippen MR) is 129 cm³/mol. The third-order valence-corrected chi connectivity index (χ3v) is 5.17. The van der Waals surface area contributed by atoms with Gasteiger partial charge in [0.1, 0.15) is 11.4 Å². The first-order chi connectivity index (χ1) is 16.9. The molecule has 0 aliphatic heterocycles. The van der Waals surface area contributed by atoms with Gasteiger partial charge in [-0.3, -0.25) is 4.79 Å². The van der Waals surface area contributed by atoms with Crippen LogP contribution in [0.1, 0.15) is 21.5 Å². The van der Waals surface area contributed by atoms with E-state index in [1.165, 1.54) is 22.9 Å². The van der Waals surface area contributed by atoms with E-state index in [1.54, 1.807) is 54.6 Å². The quantitative estimate of drug-likeness (QED) is 0.275. The Hall–Kier alpha value is -4.70. The van der Waals surface area contributed by atoms with Crippen LogP contribution in [0.3, 0.4) is 0 Å². The number of nitrogens with one attached hydrogen (secondary N) is 2.